The highest BCUT2D eigenvalue weighted by molar-refractivity contribution is 5.05. The van der Waals surface area contributed by atoms with Crippen molar-refractivity contribution in [2.75, 3.05) is 0 Å². The molecule has 0 spiro atoms. The lowest BCUT2D eigenvalue weighted by Crippen LogP contribution is -2.34. The van der Waals surface area contributed by atoms with Gasteiger partial charge in [-0.05, 0) is 42.7 Å². The zero-order chi connectivity index (χ0) is 13.6. The molecule has 3 aliphatic rings. The summed E-state index contributed by atoms with van der Waals surface area (Å²) >= 11 is 0. The maximum atomic E-state index is 3.43. The number of nitrogens with one attached hydrogen (secondary N) is 1. The second-order valence-corrected chi connectivity index (χ2v) is 7.35. The van der Waals surface area contributed by atoms with E-state index in [1.165, 1.54) is 77.0 Å². The average molecular weight is 274 g/mol. The molecule has 0 saturated heterocycles. The van der Waals surface area contributed by atoms with Crippen molar-refractivity contribution in [3.05, 3.63) is 18.8 Å². The summed E-state index contributed by atoms with van der Waals surface area (Å²) in [5.41, 5.74) is 0. The minimum absolute atomic E-state index is 0.807. The SMILES string of the molecule is [CH]1NC=CC(C2CCCCCC2)C1C1CCCCCC1. The number of rotatable bonds is 2. The van der Waals surface area contributed by atoms with Gasteiger partial charge in [-0.15, -0.1) is 0 Å². The lowest BCUT2D eigenvalue weighted by molar-refractivity contribution is 0.186. The van der Waals surface area contributed by atoms with E-state index in [0.29, 0.717) is 0 Å². The molecule has 2 aliphatic carbocycles. The van der Waals surface area contributed by atoms with E-state index in [-0.39, 0.29) is 0 Å². The van der Waals surface area contributed by atoms with Gasteiger partial charge in [-0.3, -0.25) is 0 Å². The summed E-state index contributed by atoms with van der Waals surface area (Å²) in [5, 5.41) is 3.43. The molecule has 1 heterocycles. The Morgan fingerprint density at radius 3 is 1.65 bits per heavy atom. The van der Waals surface area contributed by atoms with Crippen LogP contribution in [0.15, 0.2) is 12.3 Å². The molecule has 0 amide bonds. The summed E-state index contributed by atoms with van der Waals surface area (Å²) in [7, 11) is 0. The van der Waals surface area contributed by atoms with Crippen LogP contribution in [0.3, 0.4) is 0 Å². The molecule has 1 aliphatic heterocycles. The lowest BCUT2D eigenvalue weighted by Gasteiger charge is -2.38. The van der Waals surface area contributed by atoms with E-state index in [1.807, 2.05) is 0 Å². The predicted octanol–water partition coefficient (Wildman–Crippen LogP) is 5.44. The van der Waals surface area contributed by atoms with Gasteiger partial charge in [0.2, 0.25) is 0 Å². The van der Waals surface area contributed by atoms with Crippen LogP contribution >= 0.6 is 0 Å². The number of allylic oxidation sites excluding steroid dienone is 1. The Kier molecular flexibility index (Phi) is 5.44. The van der Waals surface area contributed by atoms with Gasteiger partial charge in [0.05, 0.1) is 0 Å². The van der Waals surface area contributed by atoms with Crippen molar-refractivity contribution in [1.82, 2.24) is 5.32 Å². The third-order valence-electron chi connectivity index (χ3n) is 6.04. The number of hydrogen-bond donors (Lipinski definition) is 1. The monoisotopic (exact) mass is 274 g/mol. The van der Waals surface area contributed by atoms with Crippen LogP contribution < -0.4 is 5.32 Å². The van der Waals surface area contributed by atoms with Gasteiger partial charge in [0.1, 0.15) is 0 Å². The van der Waals surface area contributed by atoms with Crippen LogP contribution in [0.4, 0.5) is 0 Å². The van der Waals surface area contributed by atoms with Crippen molar-refractivity contribution in [1.29, 1.82) is 0 Å². The van der Waals surface area contributed by atoms with Crippen LogP contribution in [0.2, 0.25) is 0 Å². The van der Waals surface area contributed by atoms with E-state index in [2.05, 4.69) is 24.1 Å². The van der Waals surface area contributed by atoms with E-state index in [4.69, 9.17) is 0 Å². The zero-order valence-corrected chi connectivity index (χ0v) is 13.0. The van der Waals surface area contributed by atoms with E-state index in [1.54, 1.807) is 0 Å². The highest BCUT2D eigenvalue weighted by Crippen LogP contribution is 2.42. The molecule has 113 valence electrons. The van der Waals surface area contributed by atoms with E-state index >= 15 is 0 Å². The Labute approximate surface area is 125 Å². The first-order valence-electron chi connectivity index (χ1n) is 9.21. The van der Waals surface area contributed by atoms with Crippen LogP contribution in [-0.2, 0) is 0 Å². The highest BCUT2D eigenvalue weighted by Gasteiger charge is 2.34. The average Bonchev–Trinajstić information content (AvgIpc) is 2.92. The molecule has 1 N–H and O–H groups in total. The van der Waals surface area contributed by atoms with Crippen LogP contribution in [0.5, 0.6) is 0 Å². The van der Waals surface area contributed by atoms with Crippen molar-refractivity contribution >= 4 is 0 Å². The summed E-state index contributed by atoms with van der Waals surface area (Å²) in [6, 6.07) is 0. The summed E-state index contributed by atoms with van der Waals surface area (Å²) < 4.78 is 0. The standard InChI is InChI=1S/C19H32N/c1-2-6-10-16(9-5-1)18-13-14-20-15-19(18)17-11-7-3-4-8-12-17/h13-20H,1-12H2. The molecule has 20 heavy (non-hydrogen) atoms. The molecule has 0 aromatic heterocycles. The second kappa shape index (κ2) is 7.52. The molecule has 1 heteroatoms. The fourth-order valence-electron chi connectivity index (χ4n) is 4.89. The Hall–Kier alpha value is -0.460. The van der Waals surface area contributed by atoms with Gasteiger partial charge in [-0.2, -0.15) is 0 Å². The Bertz CT molecular complexity index is 293. The molecule has 1 nitrogen and oxygen atoms in total. The third kappa shape index (κ3) is 3.59. The largest absolute Gasteiger partial charge is 0.386 e. The van der Waals surface area contributed by atoms with Crippen molar-refractivity contribution in [2.24, 2.45) is 23.7 Å². The van der Waals surface area contributed by atoms with E-state index in [9.17, 15) is 0 Å². The molecule has 2 saturated carbocycles. The zero-order valence-electron chi connectivity index (χ0n) is 13.0. The third-order valence-corrected chi connectivity index (χ3v) is 6.04. The second-order valence-electron chi connectivity index (χ2n) is 7.35. The molecule has 1 radical (unpaired) electrons. The van der Waals surface area contributed by atoms with E-state index in [0.717, 1.165) is 23.7 Å². The van der Waals surface area contributed by atoms with Crippen molar-refractivity contribution in [3.63, 3.8) is 0 Å². The van der Waals surface area contributed by atoms with Crippen molar-refractivity contribution < 1.29 is 0 Å². The van der Waals surface area contributed by atoms with Crippen LogP contribution in [-0.4, -0.2) is 0 Å². The maximum absolute atomic E-state index is 3.43. The Morgan fingerprint density at radius 1 is 0.600 bits per heavy atom. The van der Waals surface area contributed by atoms with Crippen molar-refractivity contribution in [2.45, 2.75) is 77.0 Å². The topological polar surface area (TPSA) is 12.0 Å². The summed E-state index contributed by atoms with van der Waals surface area (Å²) in [6.45, 7) is 2.45. The first-order valence-corrected chi connectivity index (χ1v) is 9.21. The molecule has 2 atom stereocenters. The Balaban J connectivity index is 1.68. The van der Waals surface area contributed by atoms with Crippen LogP contribution in [0.25, 0.3) is 0 Å². The first kappa shape index (κ1) is 14.5. The normalized spacial score (nSPS) is 34.2. The Morgan fingerprint density at radius 2 is 1.10 bits per heavy atom. The molecule has 0 aromatic rings. The maximum Gasteiger partial charge on any atom is 0.0496 e. The molecule has 2 unspecified atom stereocenters. The first-order chi connectivity index (χ1) is 9.95. The number of hydrogen-bond acceptors (Lipinski definition) is 1. The molecule has 0 aromatic carbocycles. The van der Waals surface area contributed by atoms with Gasteiger partial charge in [-0.1, -0.05) is 70.3 Å². The van der Waals surface area contributed by atoms with Gasteiger partial charge in [0.15, 0.2) is 0 Å². The molecular weight excluding hydrogens is 242 g/mol. The molecule has 3 rings (SSSR count). The van der Waals surface area contributed by atoms with Gasteiger partial charge >= 0.3 is 0 Å². The highest BCUT2D eigenvalue weighted by atomic mass is 14.9. The predicted molar refractivity (Wildman–Crippen MR) is 85.9 cm³/mol. The molecular formula is C19H32N. The van der Waals surface area contributed by atoms with E-state index < -0.39 is 0 Å². The minimum Gasteiger partial charge on any atom is -0.386 e. The smallest absolute Gasteiger partial charge is 0.0496 e. The van der Waals surface area contributed by atoms with Gasteiger partial charge in [0.25, 0.3) is 0 Å². The van der Waals surface area contributed by atoms with Gasteiger partial charge in [0, 0.05) is 6.54 Å². The fourth-order valence-corrected chi connectivity index (χ4v) is 4.89. The van der Waals surface area contributed by atoms with Crippen LogP contribution in [0, 0.1) is 30.2 Å². The minimum atomic E-state index is 0.807. The van der Waals surface area contributed by atoms with Crippen molar-refractivity contribution in [3.8, 4) is 0 Å². The van der Waals surface area contributed by atoms with Crippen LogP contribution in [0.1, 0.15) is 77.0 Å². The molecule has 2 fully saturated rings. The summed E-state index contributed by atoms with van der Waals surface area (Å²) in [4.78, 5) is 0. The van der Waals surface area contributed by atoms with Gasteiger partial charge in [-0.25, -0.2) is 0 Å². The quantitative estimate of drug-likeness (QED) is 0.661. The summed E-state index contributed by atoms with van der Waals surface area (Å²) in [6.07, 6.45) is 22.4. The van der Waals surface area contributed by atoms with Gasteiger partial charge < -0.3 is 5.32 Å². The molecule has 0 bridgehead atoms. The lowest BCUT2D eigenvalue weighted by atomic mass is 9.69. The fraction of sp³-hybridized carbons (Fsp3) is 0.842. The summed E-state index contributed by atoms with van der Waals surface area (Å²) in [5.74, 6) is 3.54.